The zero-order valence-corrected chi connectivity index (χ0v) is 16.1. The summed E-state index contributed by atoms with van der Waals surface area (Å²) >= 11 is 0. The lowest BCUT2D eigenvalue weighted by atomic mass is 10.0. The average Bonchev–Trinajstić information content (AvgIpc) is 2.75. The number of hydrogen-bond donors (Lipinski definition) is 1. The number of amides is 1. The van der Waals surface area contributed by atoms with Crippen molar-refractivity contribution in [2.24, 2.45) is 0 Å². The van der Waals surface area contributed by atoms with Crippen molar-refractivity contribution in [1.29, 1.82) is 0 Å². The van der Waals surface area contributed by atoms with Gasteiger partial charge in [-0.3, -0.25) is 29.1 Å². The fraction of sp³-hybridized carbons (Fsp3) is 0.136. The highest BCUT2D eigenvalue weighted by molar-refractivity contribution is 6.12. The lowest BCUT2D eigenvalue weighted by Crippen LogP contribution is -2.42. The van der Waals surface area contributed by atoms with Crippen molar-refractivity contribution < 1.29 is 14.5 Å². The van der Waals surface area contributed by atoms with Crippen LogP contribution < -0.4 is 10.9 Å². The average molecular weight is 405 g/mol. The lowest BCUT2D eigenvalue weighted by molar-refractivity contribution is -0.384. The molecule has 30 heavy (non-hydrogen) atoms. The Labute approximate surface area is 171 Å². The summed E-state index contributed by atoms with van der Waals surface area (Å²) in [4.78, 5) is 49.1. The third-order valence-electron chi connectivity index (χ3n) is 4.63. The fourth-order valence-corrected chi connectivity index (χ4v) is 3.07. The summed E-state index contributed by atoms with van der Waals surface area (Å²) in [5.74, 6) is -1.40. The van der Waals surface area contributed by atoms with E-state index in [1.54, 1.807) is 6.92 Å². The molecule has 0 radical (unpaired) electrons. The summed E-state index contributed by atoms with van der Waals surface area (Å²) in [5, 5.41) is 13.8. The number of nitro groups is 1. The first-order chi connectivity index (χ1) is 14.4. The Bertz CT molecular complexity index is 1140. The maximum atomic E-state index is 13.2. The number of nitrogens with zero attached hydrogens (tertiary/aromatic N) is 2. The largest absolute Gasteiger partial charge is 0.347 e. The van der Waals surface area contributed by atoms with Gasteiger partial charge in [-0.25, -0.2) is 0 Å². The van der Waals surface area contributed by atoms with Gasteiger partial charge in [-0.05, 0) is 18.6 Å². The predicted octanol–water partition coefficient (Wildman–Crippen LogP) is 3.06. The maximum absolute atomic E-state index is 13.2. The van der Waals surface area contributed by atoms with Crippen LogP contribution >= 0.6 is 0 Å². The van der Waals surface area contributed by atoms with Gasteiger partial charge < -0.3 is 5.32 Å². The van der Waals surface area contributed by atoms with Gasteiger partial charge in [-0.2, -0.15) is 0 Å². The first-order valence-electron chi connectivity index (χ1n) is 9.19. The summed E-state index contributed by atoms with van der Waals surface area (Å²) in [6.07, 6.45) is 1.34. The van der Waals surface area contributed by atoms with Gasteiger partial charge in [-0.1, -0.05) is 48.5 Å². The van der Waals surface area contributed by atoms with Gasteiger partial charge in [0, 0.05) is 30.0 Å². The van der Waals surface area contributed by atoms with Crippen molar-refractivity contribution in [3.8, 4) is 0 Å². The molecule has 8 heteroatoms. The highest BCUT2D eigenvalue weighted by atomic mass is 16.6. The van der Waals surface area contributed by atoms with E-state index in [0.29, 0.717) is 0 Å². The third-order valence-corrected chi connectivity index (χ3v) is 4.63. The highest BCUT2D eigenvalue weighted by Crippen LogP contribution is 2.20. The molecule has 1 N–H and O–H groups in total. The van der Waals surface area contributed by atoms with Gasteiger partial charge in [0.2, 0.25) is 0 Å². The molecule has 1 aromatic heterocycles. The molecule has 0 spiro atoms. The molecule has 0 fully saturated rings. The second-order valence-corrected chi connectivity index (χ2v) is 6.66. The number of carbonyl (C=O) groups is 2. The van der Waals surface area contributed by atoms with E-state index in [2.05, 4.69) is 5.32 Å². The molecule has 8 nitrogen and oxygen atoms in total. The van der Waals surface area contributed by atoms with Crippen molar-refractivity contribution in [1.82, 2.24) is 9.88 Å². The summed E-state index contributed by atoms with van der Waals surface area (Å²) in [7, 11) is 0. The molecule has 0 aliphatic carbocycles. The van der Waals surface area contributed by atoms with Crippen molar-refractivity contribution in [3.05, 3.63) is 111 Å². The number of benzene rings is 2. The Balaban J connectivity index is 1.99. The van der Waals surface area contributed by atoms with Crippen LogP contribution in [0, 0.1) is 10.1 Å². The Morgan fingerprint density at radius 2 is 1.70 bits per heavy atom. The second kappa shape index (κ2) is 8.95. The first-order valence-corrected chi connectivity index (χ1v) is 9.19. The fourth-order valence-electron chi connectivity index (χ4n) is 3.07. The van der Waals surface area contributed by atoms with Gasteiger partial charge in [0.25, 0.3) is 17.2 Å². The maximum Gasteiger partial charge on any atom is 0.270 e. The van der Waals surface area contributed by atoms with E-state index in [4.69, 9.17) is 0 Å². The van der Waals surface area contributed by atoms with Crippen LogP contribution in [0.5, 0.6) is 0 Å². The molecule has 1 heterocycles. The zero-order valence-electron chi connectivity index (χ0n) is 16.1. The van der Waals surface area contributed by atoms with E-state index in [1.807, 2.05) is 30.3 Å². The van der Waals surface area contributed by atoms with Crippen LogP contribution in [0.25, 0.3) is 0 Å². The molecular formula is C22H19N3O5. The standard InChI is InChI=1S/C22H19N3O5/c1-15(16-8-3-2-4-9-16)23-22(28)20(24-13-6-5-12-19(24)26)21(27)17-10-7-11-18(14-17)25(29)30/h2-15,20H,1H3,(H,23,28)/t15-,20-/m1/s1. The molecule has 2 atom stereocenters. The summed E-state index contributed by atoms with van der Waals surface area (Å²) < 4.78 is 1.02. The van der Waals surface area contributed by atoms with Crippen LogP contribution in [0.4, 0.5) is 5.69 Å². The molecule has 152 valence electrons. The van der Waals surface area contributed by atoms with E-state index < -0.39 is 34.3 Å². The topological polar surface area (TPSA) is 111 Å². The van der Waals surface area contributed by atoms with Crippen LogP contribution in [-0.2, 0) is 4.79 Å². The number of aromatic nitrogens is 1. The minimum absolute atomic E-state index is 0.0348. The second-order valence-electron chi connectivity index (χ2n) is 6.66. The summed E-state index contributed by atoms with van der Waals surface area (Å²) in [6, 6.07) is 16.6. The minimum atomic E-state index is -1.51. The number of non-ortho nitro benzene ring substituents is 1. The molecule has 0 aliphatic heterocycles. The lowest BCUT2D eigenvalue weighted by Gasteiger charge is -2.21. The Morgan fingerprint density at radius 3 is 2.37 bits per heavy atom. The van der Waals surface area contributed by atoms with Crippen LogP contribution in [0.2, 0.25) is 0 Å². The van der Waals surface area contributed by atoms with Gasteiger partial charge in [0.1, 0.15) is 0 Å². The SMILES string of the molecule is C[C@@H](NC(=O)[C@@H](C(=O)c1cccc([N+](=O)[O-])c1)n1ccccc1=O)c1ccccc1. The van der Waals surface area contributed by atoms with Crippen molar-refractivity contribution >= 4 is 17.4 Å². The zero-order chi connectivity index (χ0) is 21.7. The molecule has 0 saturated carbocycles. The molecule has 0 saturated heterocycles. The number of rotatable bonds is 7. The number of Topliss-reactive ketones (excluding diaryl/α,β-unsaturated/α-hetero) is 1. The van der Waals surface area contributed by atoms with E-state index in [9.17, 15) is 24.5 Å². The van der Waals surface area contributed by atoms with E-state index in [0.717, 1.165) is 16.2 Å². The smallest absolute Gasteiger partial charge is 0.270 e. The molecule has 3 aromatic rings. The van der Waals surface area contributed by atoms with E-state index in [1.165, 1.54) is 42.6 Å². The normalized spacial score (nSPS) is 12.6. The van der Waals surface area contributed by atoms with Crippen molar-refractivity contribution in [3.63, 3.8) is 0 Å². The Kier molecular flexibility index (Phi) is 6.17. The predicted molar refractivity (Wildman–Crippen MR) is 110 cm³/mol. The molecule has 1 amide bonds. The Hall–Kier alpha value is -4.07. The third kappa shape index (κ3) is 4.49. The van der Waals surface area contributed by atoms with Gasteiger partial charge in [0.05, 0.1) is 11.0 Å². The summed E-state index contributed by atoms with van der Waals surface area (Å²) in [6.45, 7) is 1.76. The minimum Gasteiger partial charge on any atom is -0.347 e. The number of nitro benzene ring substituents is 1. The number of ketones is 1. The molecule has 0 aliphatic rings. The van der Waals surface area contributed by atoms with Crippen LogP contribution in [0.3, 0.4) is 0 Å². The van der Waals surface area contributed by atoms with Crippen molar-refractivity contribution in [2.45, 2.75) is 19.0 Å². The van der Waals surface area contributed by atoms with Crippen LogP contribution in [0.1, 0.15) is 34.9 Å². The number of pyridine rings is 1. The van der Waals surface area contributed by atoms with Gasteiger partial charge in [0.15, 0.2) is 11.8 Å². The molecule has 0 bridgehead atoms. The van der Waals surface area contributed by atoms with E-state index in [-0.39, 0.29) is 11.3 Å². The van der Waals surface area contributed by atoms with Crippen molar-refractivity contribution in [2.75, 3.05) is 0 Å². The highest BCUT2D eigenvalue weighted by Gasteiger charge is 2.31. The molecule has 0 unspecified atom stereocenters. The quantitative estimate of drug-likeness (QED) is 0.281. The van der Waals surface area contributed by atoms with E-state index >= 15 is 0 Å². The number of nitrogens with one attached hydrogen (secondary N) is 1. The monoisotopic (exact) mass is 405 g/mol. The molecule has 3 rings (SSSR count). The Morgan fingerprint density at radius 1 is 1.00 bits per heavy atom. The molecular weight excluding hydrogens is 386 g/mol. The van der Waals surface area contributed by atoms with Gasteiger partial charge >= 0.3 is 0 Å². The number of carbonyl (C=O) groups excluding carboxylic acids is 2. The van der Waals surface area contributed by atoms with Gasteiger partial charge in [-0.15, -0.1) is 0 Å². The summed E-state index contributed by atoms with van der Waals surface area (Å²) in [5.41, 5.74) is -0.0258. The molecule has 2 aromatic carbocycles. The first kappa shape index (κ1) is 20.7. The van der Waals surface area contributed by atoms with Crippen LogP contribution in [0.15, 0.2) is 83.8 Å². The number of hydrogen-bond acceptors (Lipinski definition) is 5. The van der Waals surface area contributed by atoms with Crippen LogP contribution in [-0.4, -0.2) is 21.2 Å².